The van der Waals surface area contributed by atoms with Crippen molar-refractivity contribution in [1.82, 2.24) is 4.98 Å². The highest BCUT2D eigenvalue weighted by atomic mass is 35.5. The Labute approximate surface area is 148 Å². The lowest BCUT2D eigenvalue weighted by Gasteiger charge is -2.14. The summed E-state index contributed by atoms with van der Waals surface area (Å²) in [6.45, 7) is 3.32. The first-order valence-corrected chi connectivity index (χ1v) is 7.88. The number of aromatic nitrogens is 1. The van der Waals surface area contributed by atoms with Gasteiger partial charge < -0.3 is 13.9 Å². The summed E-state index contributed by atoms with van der Waals surface area (Å²) in [5.74, 6) is 0.703. The average molecular weight is 366 g/mol. The molecule has 0 radical (unpaired) electrons. The largest absolute Gasteiger partial charge is 0.477 e. The summed E-state index contributed by atoms with van der Waals surface area (Å²) >= 11 is 11.9. The van der Waals surface area contributed by atoms with Crippen molar-refractivity contribution in [1.29, 1.82) is 0 Å². The highest BCUT2D eigenvalue weighted by molar-refractivity contribution is 6.35. The van der Waals surface area contributed by atoms with Gasteiger partial charge in [-0.05, 0) is 37.3 Å². The summed E-state index contributed by atoms with van der Waals surface area (Å²) in [6.07, 6.45) is -0.849. The number of halogens is 2. The van der Waals surface area contributed by atoms with Gasteiger partial charge >= 0.3 is 5.97 Å². The molecule has 0 bridgehead atoms. The quantitative estimate of drug-likeness (QED) is 0.490. The maximum absolute atomic E-state index is 12.2. The molecule has 0 amide bonds. The summed E-state index contributed by atoms with van der Waals surface area (Å²) in [5, 5.41) is 0.806. The van der Waals surface area contributed by atoms with Crippen LogP contribution >= 0.6 is 23.2 Å². The Balaban J connectivity index is 1.70. The number of aryl methyl sites for hydroxylation is 1. The molecule has 0 saturated carbocycles. The van der Waals surface area contributed by atoms with Gasteiger partial charge in [-0.15, -0.1) is 0 Å². The van der Waals surface area contributed by atoms with Crippen LogP contribution in [-0.2, 0) is 4.79 Å². The molecule has 24 heavy (non-hydrogen) atoms. The van der Waals surface area contributed by atoms with Gasteiger partial charge in [0, 0.05) is 18.0 Å². The maximum Gasteiger partial charge on any atom is 0.352 e. The molecule has 1 aromatic heterocycles. The third-order valence-corrected chi connectivity index (χ3v) is 3.74. The minimum absolute atomic E-state index is 0.321. The molecule has 3 aromatic rings. The molecule has 0 N–H and O–H groups in total. The molecule has 0 saturated heterocycles. The Kier molecular flexibility index (Phi) is 4.64. The van der Waals surface area contributed by atoms with Crippen LogP contribution in [0.5, 0.6) is 11.5 Å². The summed E-state index contributed by atoms with van der Waals surface area (Å²) < 4.78 is 16.2. The lowest BCUT2D eigenvalue weighted by molar-refractivity contribution is -0.141. The third-order valence-electron chi connectivity index (χ3n) is 3.21. The molecule has 2 aromatic carbocycles. The van der Waals surface area contributed by atoms with Crippen LogP contribution in [0.4, 0.5) is 0 Å². The molecule has 7 heteroatoms. The zero-order chi connectivity index (χ0) is 17.3. The standard InChI is InChI=1S/C17H13Cl2NO4/c1-9(22-15-5-3-11(18)7-13(15)19)17(21)24-12-4-6-16-14(8-12)20-10(2)23-16/h3-9H,1-2H3. The number of carbonyl (C=O) groups is 1. The fraction of sp³-hybridized carbons (Fsp3) is 0.176. The minimum atomic E-state index is -0.849. The summed E-state index contributed by atoms with van der Waals surface area (Å²) in [7, 11) is 0. The van der Waals surface area contributed by atoms with Crippen molar-refractivity contribution in [2.24, 2.45) is 0 Å². The van der Waals surface area contributed by atoms with Gasteiger partial charge in [0.05, 0.1) is 5.02 Å². The van der Waals surface area contributed by atoms with Crippen LogP contribution in [0.1, 0.15) is 12.8 Å². The van der Waals surface area contributed by atoms with Crippen molar-refractivity contribution in [2.45, 2.75) is 20.0 Å². The third kappa shape index (κ3) is 3.63. The van der Waals surface area contributed by atoms with E-state index in [1.807, 2.05) is 0 Å². The SMILES string of the molecule is Cc1nc2cc(OC(=O)C(C)Oc3ccc(Cl)cc3Cl)ccc2o1. The molecule has 1 heterocycles. The van der Waals surface area contributed by atoms with Gasteiger partial charge in [0.1, 0.15) is 17.0 Å². The van der Waals surface area contributed by atoms with Crippen LogP contribution in [0.15, 0.2) is 40.8 Å². The van der Waals surface area contributed by atoms with Gasteiger partial charge in [-0.1, -0.05) is 23.2 Å². The van der Waals surface area contributed by atoms with Crippen molar-refractivity contribution in [3.05, 3.63) is 52.3 Å². The molecular formula is C17H13Cl2NO4. The van der Waals surface area contributed by atoms with Gasteiger partial charge in [-0.2, -0.15) is 0 Å². The predicted molar refractivity (Wildman–Crippen MR) is 90.9 cm³/mol. The number of hydrogen-bond acceptors (Lipinski definition) is 5. The highest BCUT2D eigenvalue weighted by Gasteiger charge is 2.19. The lowest BCUT2D eigenvalue weighted by Crippen LogP contribution is -2.28. The predicted octanol–water partition coefficient (Wildman–Crippen LogP) is 4.82. The second kappa shape index (κ2) is 6.71. The van der Waals surface area contributed by atoms with E-state index < -0.39 is 12.1 Å². The van der Waals surface area contributed by atoms with E-state index in [1.54, 1.807) is 44.2 Å². The Morgan fingerprint density at radius 1 is 1.21 bits per heavy atom. The minimum Gasteiger partial charge on any atom is -0.477 e. The van der Waals surface area contributed by atoms with Crippen molar-refractivity contribution in [3.63, 3.8) is 0 Å². The zero-order valence-corrected chi connectivity index (χ0v) is 14.4. The molecule has 0 aliphatic carbocycles. The van der Waals surface area contributed by atoms with E-state index in [0.29, 0.717) is 38.5 Å². The molecule has 1 unspecified atom stereocenters. The van der Waals surface area contributed by atoms with E-state index in [4.69, 9.17) is 37.1 Å². The Bertz CT molecular complexity index is 907. The Morgan fingerprint density at radius 2 is 2.00 bits per heavy atom. The molecule has 0 fully saturated rings. The number of benzene rings is 2. The topological polar surface area (TPSA) is 61.6 Å². The van der Waals surface area contributed by atoms with E-state index in [9.17, 15) is 4.79 Å². The van der Waals surface area contributed by atoms with E-state index in [0.717, 1.165) is 0 Å². The number of esters is 1. The summed E-state index contributed by atoms with van der Waals surface area (Å²) in [5.41, 5.74) is 1.25. The number of ether oxygens (including phenoxy) is 2. The van der Waals surface area contributed by atoms with Crippen molar-refractivity contribution in [3.8, 4) is 11.5 Å². The summed E-state index contributed by atoms with van der Waals surface area (Å²) in [6, 6.07) is 9.72. The number of fused-ring (bicyclic) bond motifs is 1. The fourth-order valence-electron chi connectivity index (χ4n) is 2.09. The molecule has 3 rings (SSSR count). The Hall–Kier alpha value is -2.24. The summed E-state index contributed by atoms with van der Waals surface area (Å²) in [4.78, 5) is 16.4. The van der Waals surface area contributed by atoms with Crippen molar-refractivity contribution in [2.75, 3.05) is 0 Å². The molecule has 5 nitrogen and oxygen atoms in total. The fourth-order valence-corrected chi connectivity index (χ4v) is 2.55. The molecule has 0 aliphatic rings. The van der Waals surface area contributed by atoms with Crippen LogP contribution in [0.3, 0.4) is 0 Å². The van der Waals surface area contributed by atoms with Crippen LogP contribution in [0, 0.1) is 6.92 Å². The van der Waals surface area contributed by atoms with Crippen LogP contribution in [-0.4, -0.2) is 17.1 Å². The second-order valence-corrected chi connectivity index (χ2v) is 5.96. The first-order valence-electron chi connectivity index (χ1n) is 7.13. The average Bonchev–Trinajstić information content (AvgIpc) is 2.89. The monoisotopic (exact) mass is 365 g/mol. The first-order chi connectivity index (χ1) is 11.4. The first kappa shape index (κ1) is 16.6. The van der Waals surface area contributed by atoms with Gasteiger partial charge in [-0.25, -0.2) is 9.78 Å². The number of hydrogen-bond donors (Lipinski definition) is 0. The molecule has 1 atom stereocenters. The van der Waals surface area contributed by atoms with Crippen LogP contribution in [0.2, 0.25) is 10.0 Å². The van der Waals surface area contributed by atoms with E-state index in [1.165, 1.54) is 6.07 Å². The van der Waals surface area contributed by atoms with Gasteiger partial charge in [0.25, 0.3) is 0 Å². The number of oxazole rings is 1. The molecule has 0 aliphatic heterocycles. The Morgan fingerprint density at radius 3 is 2.75 bits per heavy atom. The van der Waals surface area contributed by atoms with Gasteiger partial charge in [0.15, 0.2) is 17.6 Å². The number of nitrogens with zero attached hydrogens (tertiary/aromatic N) is 1. The lowest BCUT2D eigenvalue weighted by atomic mass is 10.3. The normalized spacial score (nSPS) is 12.2. The van der Waals surface area contributed by atoms with Crippen LogP contribution in [0.25, 0.3) is 11.1 Å². The maximum atomic E-state index is 12.2. The van der Waals surface area contributed by atoms with Crippen molar-refractivity contribution >= 4 is 40.3 Å². The second-order valence-electron chi connectivity index (χ2n) is 5.12. The highest BCUT2D eigenvalue weighted by Crippen LogP contribution is 2.28. The van der Waals surface area contributed by atoms with E-state index in [-0.39, 0.29) is 0 Å². The number of carbonyl (C=O) groups excluding carboxylic acids is 1. The van der Waals surface area contributed by atoms with Crippen LogP contribution < -0.4 is 9.47 Å². The molecular weight excluding hydrogens is 353 g/mol. The van der Waals surface area contributed by atoms with Gasteiger partial charge in [-0.3, -0.25) is 0 Å². The molecule has 0 spiro atoms. The van der Waals surface area contributed by atoms with Gasteiger partial charge in [0.2, 0.25) is 0 Å². The smallest absolute Gasteiger partial charge is 0.352 e. The molecule has 124 valence electrons. The zero-order valence-electron chi connectivity index (χ0n) is 12.9. The van der Waals surface area contributed by atoms with E-state index in [2.05, 4.69) is 4.98 Å². The van der Waals surface area contributed by atoms with Crippen molar-refractivity contribution < 1.29 is 18.7 Å². The van der Waals surface area contributed by atoms with E-state index >= 15 is 0 Å². The number of rotatable bonds is 4.